The first-order valence-electron chi connectivity index (χ1n) is 9.57. The molecule has 0 aromatic carbocycles. The fourth-order valence-electron chi connectivity index (χ4n) is 6.62. The molecular formula is C20H24O7. The number of aliphatic hydroxyl groups is 2. The average Bonchev–Trinajstić information content (AvgIpc) is 3.20. The van der Waals surface area contributed by atoms with E-state index in [0.717, 1.165) is 5.56 Å². The Morgan fingerprint density at radius 2 is 1.96 bits per heavy atom. The zero-order valence-corrected chi connectivity index (χ0v) is 15.4. The summed E-state index contributed by atoms with van der Waals surface area (Å²) < 4.78 is 16.4. The van der Waals surface area contributed by atoms with Crippen LogP contribution in [-0.4, -0.2) is 40.0 Å². The Bertz CT molecular complexity index is 803. The van der Waals surface area contributed by atoms with E-state index in [-0.39, 0.29) is 11.9 Å². The van der Waals surface area contributed by atoms with Crippen LogP contribution >= 0.6 is 0 Å². The Labute approximate surface area is 156 Å². The number of ether oxygens (including phenoxy) is 2. The first kappa shape index (κ1) is 17.3. The molecule has 4 aliphatic rings. The molecule has 0 radical (unpaired) electrons. The number of esters is 2. The highest BCUT2D eigenvalue weighted by atomic mass is 16.6. The molecule has 5 rings (SSSR count). The minimum absolute atomic E-state index is 0.157. The lowest BCUT2D eigenvalue weighted by atomic mass is 9.42. The van der Waals surface area contributed by atoms with Crippen molar-refractivity contribution in [1.82, 2.24) is 0 Å². The monoisotopic (exact) mass is 376 g/mol. The molecule has 4 fully saturated rings. The Hall–Kier alpha value is -1.86. The summed E-state index contributed by atoms with van der Waals surface area (Å²) in [7, 11) is 0. The molecule has 1 aromatic rings. The first-order chi connectivity index (χ1) is 12.7. The van der Waals surface area contributed by atoms with Crippen LogP contribution in [0.15, 0.2) is 23.0 Å². The van der Waals surface area contributed by atoms with Crippen LogP contribution in [0.1, 0.15) is 51.2 Å². The molecule has 1 aromatic heterocycles. The first-order valence-corrected chi connectivity index (χ1v) is 9.57. The van der Waals surface area contributed by atoms with Gasteiger partial charge in [-0.2, -0.15) is 0 Å². The lowest BCUT2D eigenvalue weighted by Gasteiger charge is -2.62. The van der Waals surface area contributed by atoms with Gasteiger partial charge in [-0.05, 0) is 43.1 Å². The number of carbonyl (C=O) groups excluding carboxylic acids is 2. The van der Waals surface area contributed by atoms with E-state index in [1.165, 1.54) is 0 Å². The predicted octanol–water partition coefficient (Wildman–Crippen LogP) is 1.73. The minimum Gasteiger partial charge on any atom is -0.472 e. The number of hydrogen-bond donors (Lipinski definition) is 2. The molecule has 2 aliphatic heterocycles. The molecule has 2 N–H and O–H groups in total. The molecule has 27 heavy (non-hydrogen) atoms. The third kappa shape index (κ3) is 1.84. The molecule has 0 unspecified atom stereocenters. The second-order valence-corrected chi connectivity index (χ2v) is 9.07. The van der Waals surface area contributed by atoms with Gasteiger partial charge in [0, 0.05) is 5.56 Å². The number of fused-ring (bicyclic) bond motifs is 2. The van der Waals surface area contributed by atoms with E-state index >= 15 is 0 Å². The highest BCUT2D eigenvalue weighted by Gasteiger charge is 2.78. The fourth-order valence-corrected chi connectivity index (χ4v) is 6.62. The standard InChI is InChI=1S/C20H24O7/c1-18-8-12(10-5-6-25-9-10)26-16(22)11(18)7-15-19(2)13(18)3-4-14(21)20(19,24)17(23)27-15/h5-6,9,11-15,21,24H,3-4,7-8H2,1-2H3/t11-,12+,13+,14+,15+,18-,19+,20+/m1/s1. The van der Waals surface area contributed by atoms with Gasteiger partial charge in [-0.15, -0.1) is 0 Å². The second-order valence-electron chi connectivity index (χ2n) is 9.07. The summed E-state index contributed by atoms with van der Waals surface area (Å²) in [6.07, 6.45) is 2.75. The van der Waals surface area contributed by atoms with Crippen LogP contribution in [-0.2, 0) is 19.1 Å². The van der Waals surface area contributed by atoms with Crippen molar-refractivity contribution < 1.29 is 33.7 Å². The number of carbonyl (C=O) groups is 2. The summed E-state index contributed by atoms with van der Waals surface area (Å²) in [5, 5.41) is 21.8. The molecule has 8 atom stereocenters. The van der Waals surface area contributed by atoms with Gasteiger partial charge < -0.3 is 24.1 Å². The normalized spacial score (nSPS) is 51.2. The van der Waals surface area contributed by atoms with Crippen LogP contribution in [0.5, 0.6) is 0 Å². The smallest absolute Gasteiger partial charge is 0.341 e. The maximum atomic E-state index is 12.9. The number of hydrogen-bond acceptors (Lipinski definition) is 7. The molecule has 146 valence electrons. The van der Waals surface area contributed by atoms with Crippen molar-refractivity contribution in [2.45, 2.75) is 63.4 Å². The predicted molar refractivity (Wildman–Crippen MR) is 90.0 cm³/mol. The second kappa shape index (κ2) is 5.14. The topological polar surface area (TPSA) is 106 Å². The third-order valence-corrected chi connectivity index (χ3v) is 8.11. The molecule has 2 aliphatic carbocycles. The number of cyclic esters (lactones) is 1. The maximum Gasteiger partial charge on any atom is 0.341 e. The van der Waals surface area contributed by atoms with Crippen molar-refractivity contribution in [3.8, 4) is 0 Å². The third-order valence-electron chi connectivity index (χ3n) is 8.11. The van der Waals surface area contributed by atoms with Crippen LogP contribution < -0.4 is 0 Å². The quantitative estimate of drug-likeness (QED) is 0.719. The molecule has 7 heteroatoms. The molecule has 7 nitrogen and oxygen atoms in total. The Kier molecular flexibility index (Phi) is 3.29. The summed E-state index contributed by atoms with van der Waals surface area (Å²) >= 11 is 0. The Balaban J connectivity index is 1.61. The van der Waals surface area contributed by atoms with Gasteiger partial charge in [-0.3, -0.25) is 4.79 Å². The maximum absolute atomic E-state index is 12.9. The SMILES string of the molecule is C[C@@]12C[C@@H](c3ccoc3)OC(=O)[C@H]1C[C@@H]1OC(=O)[C@@]3(O)[C@@H](O)CC[C@@H]2[C@@]13C. The van der Waals surface area contributed by atoms with E-state index in [0.29, 0.717) is 25.7 Å². The van der Waals surface area contributed by atoms with Crippen molar-refractivity contribution >= 4 is 11.9 Å². The van der Waals surface area contributed by atoms with Crippen molar-refractivity contribution in [2.75, 3.05) is 0 Å². The van der Waals surface area contributed by atoms with Gasteiger partial charge in [-0.1, -0.05) is 13.8 Å². The molecule has 0 amide bonds. The van der Waals surface area contributed by atoms with Crippen LogP contribution in [0.25, 0.3) is 0 Å². The largest absolute Gasteiger partial charge is 0.472 e. The lowest BCUT2D eigenvalue weighted by molar-refractivity contribution is -0.244. The van der Waals surface area contributed by atoms with Crippen LogP contribution in [0.3, 0.4) is 0 Å². The van der Waals surface area contributed by atoms with Gasteiger partial charge >= 0.3 is 11.9 Å². The van der Waals surface area contributed by atoms with E-state index in [2.05, 4.69) is 6.92 Å². The molecule has 0 bridgehead atoms. The van der Waals surface area contributed by atoms with Crippen LogP contribution in [0, 0.1) is 22.7 Å². The van der Waals surface area contributed by atoms with E-state index in [9.17, 15) is 19.8 Å². The van der Waals surface area contributed by atoms with Crippen molar-refractivity contribution in [3.63, 3.8) is 0 Å². The summed E-state index contributed by atoms with van der Waals surface area (Å²) in [6, 6.07) is 1.79. The summed E-state index contributed by atoms with van der Waals surface area (Å²) in [4.78, 5) is 25.5. The molecular weight excluding hydrogens is 352 g/mol. The number of furan rings is 1. The Morgan fingerprint density at radius 3 is 2.67 bits per heavy atom. The van der Waals surface area contributed by atoms with Gasteiger partial charge in [0.05, 0.1) is 30.0 Å². The van der Waals surface area contributed by atoms with Gasteiger partial charge in [-0.25, -0.2) is 4.79 Å². The highest BCUT2D eigenvalue weighted by Crippen LogP contribution is 2.69. The summed E-state index contributed by atoms with van der Waals surface area (Å²) in [6.45, 7) is 3.89. The van der Waals surface area contributed by atoms with Crippen molar-refractivity contribution in [1.29, 1.82) is 0 Å². The van der Waals surface area contributed by atoms with Gasteiger partial charge in [0.2, 0.25) is 0 Å². The van der Waals surface area contributed by atoms with Gasteiger partial charge in [0.1, 0.15) is 12.2 Å². The number of rotatable bonds is 1. The average molecular weight is 376 g/mol. The van der Waals surface area contributed by atoms with Gasteiger partial charge in [0.25, 0.3) is 0 Å². The van der Waals surface area contributed by atoms with E-state index < -0.39 is 46.6 Å². The summed E-state index contributed by atoms with van der Waals surface area (Å²) in [5.74, 6) is -1.63. The zero-order chi connectivity index (χ0) is 19.2. The van der Waals surface area contributed by atoms with Crippen LogP contribution in [0.4, 0.5) is 0 Å². The van der Waals surface area contributed by atoms with Gasteiger partial charge in [0.15, 0.2) is 5.60 Å². The molecule has 2 saturated carbocycles. The van der Waals surface area contributed by atoms with E-state index in [1.54, 1.807) is 18.6 Å². The molecule has 2 saturated heterocycles. The van der Waals surface area contributed by atoms with Crippen molar-refractivity contribution in [2.24, 2.45) is 22.7 Å². The zero-order valence-electron chi connectivity index (χ0n) is 15.4. The van der Waals surface area contributed by atoms with E-state index in [4.69, 9.17) is 13.9 Å². The van der Waals surface area contributed by atoms with Crippen LogP contribution in [0.2, 0.25) is 0 Å². The fraction of sp³-hybridized carbons (Fsp3) is 0.700. The lowest BCUT2D eigenvalue weighted by Crippen LogP contribution is -2.70. The minimum atomic E-state index is -1.93. The highest BCUT2D eigenvalue weighted by molar-refractivity contribution is 5.85. The Morgan fingerprint density at radius 1 is 1.19 bits per heavy atom. The van der Waals surface area contributed by atoms with Crippen molar-refractivity contribution in [3.05, 3.63) is 24.2 Å². The van der Waals surface area contributed by atoms with E-state index in [1.807, 2.05) is 6.92 Å². The molecule has 3 heterocycles. The molecule has 0 spiro atoms. The number of aliphatic hydroxyl groups excluding tert-OH is 1. The summed E-state index contributed by atoms with van der Waals surface area (Å²) in [5.41, 5.74) is -2.54.